The zero-order chi connectivity index (χ0) is 74.1. The Morgan fingerprint density at radius 2 is 0.350 bits per heavy atom. The molecular weight excluding hydrogens is 1340 g/mol. The first-order valence-electron chi connectivity index (χ1n) is 39.4. The van der Waals surface area contributed by atoms with Crippen molar-refractivity contribution in [3.05, 3.63) is 0 Å². The molecule has 0 spiro atoms. The van der Waals surface area contributed by atoms with Gasteiger partial charge in [0.05, 0.1) is 304 Å². The van der Waals surface area contributed by atoms with Gasteiger partial charge in [0.15, 0.2) is 0 Å². The van der Waals surface area contributed by atoms with E-state index in [1.165, 1.54) is 109 Å². The third-order valence-electron chi connectivity index (χ3n) is 14.7. The third-order valence-corrected chi connectivity index (χ3v) is 14.7. The Morgan fingerprint density at radius 3 is 0.515 bits per heavy atom. The van der Waals surface area contributed by atoms with E-state index in [2.05, 4.69) is 17.6 Å². The average molecular weight is 1500 g/mol. The molecule has 0 saturated carbocycles. The van der Waals surface area contributed by atoms with Crippen molar-refractivity contribution in [2.45, 2.75) is 162 Å². The van der Waals surface area contributed by atoms with E-state index in [0.29, 0.717) is 323 Å². The Balaban J connectivity index is 3.13. The van der Waals surface area contributed by atoms with Crippen LogP contribution in [0.4, 0.5) is 4.79 Å². The Kier molecular flexibility index (Phi) is 88.5. The number of nitrogens with one attached hydrogen (secondary N) is 2. The summed E-state index contributed by atoms with van der Waals surface area (Å²) in [4.78, 5) is 23.7. The van der Waals surface area contributed by atoms with E-state index in [1.54, 1.807) is 0 Å². The third kappa shape index (κ3) is 95.9. The van der Waals surface area contributed by atoms with Crippen molar-refractivity contribution in [3.63, 3.8) is 0 Å². The minimum atomic E-state index is -0.522. The summed E-state index contributed by atoms with van der Waals surface area (Å²) in [6, 6.07) is 0. The molecule has 0 atom stereocenters. The van der Waals surface area contributed by atoms with Gasteiger partial charge in [-0.15, -0.1) is 0 Å². The van der Waals surface area contributed by atoms with E-state index in [4.69, 9.17) is 114 Å². The van der Waals surface area contributed by atoms with Gasteiger partial charge >= 0.3 is 6.09 Å². The molecule has 2 N–H and O–H groups in total. The Hall–Kier alpha value is -2.18. The predicted molar refractivity (Wildman–Crippen MR) is 394 cm³/mol. The molecule has 2 amide bonds. The van der Waals surface area contributed by atoms with Gasteiger partial charge in [-0.25, -0.2) is 4.79 Å². The number of amides is 2. The Bertz CT molecular complexity index is 1600. The van der Waals surface area contributed by atoms with E-state index in [1.807, 2.05) is 20.8 Å². The van der Waals surface area contributed by atoms with E-state index >= 15 is 0 Å². The minimum Gasteiger partial charge on any atom is -0.444 e. The molecule has 28 heteroatoms. The van der Waals surface area contributed by atoms with Crippen LogP contribution in [0.3, 0.4) is 0 Å². The van der Waals surface area contributed by atoms with Gasteiger partial charge in [-0.1, -0.05) is 122 Å². The first kappa shape index (κ1) is 101. The normalized spacial score (nSPS) is 11.8. The van der Waals surface area contributed by atoms with Crippen molar-refractivity contribution in [1.82, 2.24) is 10.6 Å². The van der Waals surface area contributed by atoms with Crippen LogP contribution in [0.2, 0.25) is 0 Å². The average Bonchev–Trinajstić information content (AvgIpc) is 2.13. The van der Waals surface area contributed by atoms with E-state index in [9.17, 15) is 9.59 Å². The largest absolute Gasteiger partial charge is 0.444 e. The fourth-order valence-electron chi connectivity index (χ4n) is 9.19. The highest BCUT2D eigenvalue weighted by atomic mass is 16.6. The smallest absolute Gasteiger partial charge is 0.407 e. The van der Waals surface area contributed by atoms with Crippen LogP contribution >= 0.6 is 0 Å². The molecule has 0 aliphatic carbocycles. The molecule has 616 valence electrons. The summed E-state index contributed by atoms with van der Waals surface area (Å²) < 4.78 is 132. The van der Waals surface area contributed by atoms with Gasteiger partial charge in [0.2, 0.25) is 5.91 Å². The molecule has 0 aromatic heterocycles. The Morgan fingerprint density at radius 1 is 0.204 bits per heavy atom. The number of carbonyl (C=O) groups is 2. The number of rotatable bonds is 92. The maximum atomic E-state index is 12.1. The maximum absolute atomic E-state index is 12.1. The molecule has 0 rings (SSSR count). The van der Waals surface area contributed by atoms with Crippen molar-refractivity contribution < 1.29 is 123 Å². The number of carbonyl (C=O) groups excluding carboxylic acids is 2. The summed E-state index contributed by atoms with van der Waals surface area (Å²) >= 11 is 0. The predicted octanol–water partition coefficient (Wildman–Crippen LogP) is 8.83. The SMILES string of the molecule is CCCCCCCCCCCCCCCCCCCCCC(=O)NCCOCCOCCOCCOCCOCCOCCOCCOCCOCCOCCOCCOCCOCCOCCOCCOCCOCCOCCOCCOCCOCCOCCOCCNC(=O)OC(C)(C)C. The second kappa shape index (κ2) is 90.4. The lowest BCUT2D eigenvalue weighted by Gasteiger charge is -2.19. The molecule has 0 aromatic carbocycles. The lowest BCUT2D eigenvalue weighted by atomic mass is 10.0. The van der Waals surface area contributed by atoms with Crippen LogP contribution in [0.15, 0.2) is 0 Å². The molecule has 0 aromatic rings. The quantitative estimate of drug-likeness (QED) is 0.0538. The molecule has 0 fully saturated rings. The van der Waals surface area contributed by atoms with Crippen LogP contribution in [-0.2, 0) is 118 Å². The van der Waals surface area contributed by atoms with E-state index in [-0.39, 0.29) is 5.91 Å². The van der Waals surface area contributed by atoms with Crippen LogP contribution in [0, 0.1) is 0 Å². The molecule has 103 heavy (non-hydrogen) atoms. The highest BCUT2D eigenvalue weighted by Gasteiger charge is 2.15. The number of ether oxygens (including phenoxy) is 24. The molecule has 0 aliphatic heterocycles. The fourth-order valence-corrected chi connectivity index (χ4v) is 9.19. The summed E-state index contributed by atoms with van der Waals surface area (Å²) in [6.45, 7) is 30.6. The first-order chi connectivity index (χ1) is 50.8. The van der Waals surface area contributed by atoms with Crippen molar-refractivity contribution >= 4 is 12.0 Å². The van der Waals surface area contributed by atoms with E-state index in [0.717, 1.165) is 12.8 Å². The minimum absolute atomic E-state index is 0.114. The highest BCUT2D eigenvalue weighted by Crippen LogP contribution is 2.15. The topological polar surface area (TPSA) is 280 Å². The van der Waals surface area contributed by atoms with Crippen molar-refractivity contribution in [2.24, 2.45) is 0 Å². The fraction of sp³-hybridized carbons (Fsp3) is 0.973. The molecule has 0 bridgehead atoms. The summed E-state index contributed by atoms with van der Waals surface area (Å²) in [7, 11) is 0. The maximum Gasteiger partial charge on any atom is 0.407 e. The zero-order valence-electron chi connectivity index (χ0n) is 65.2. The highest BCUT2D eigenvalue weighted by molar-refractivity contribution is 5.75. The van der Waals surface area contributed by atoms with Crippen molar-refractivity contribution in [1.29, 1.82) is 0 Å². The molecule has 0 radical (unpaired) electrons. The van der Waals surface area contributed by atoms with Gasteiger partial charge in [0.1, 0.15) is 5.60 Å². The van der Waals surface area contributed by atoms with Crippen LogP contribution in [-0.4, -0.2) is 335 Å². The molecule has 0 aliphatic rings. The number of alkyl carbamates (subject to hydrolysis) is 1. The van der Waals surface area contributed by atoms with Gasteiger partial charge in [-0.05, 0) is 27.2 Å². The lowest BCUT2D eigenvalue weighted by Crippen LogP contribution is -2.34. The summed E-state index contributed by atoms with van der Waals surface area (Å²) in [6.07, 6.45) is 25.8. The Labute approximate surface area is 622 Å². The van der Waals surface area contributed by atoms with Gasteiger partial charge < -0.3 is 124 Å². The van der Waals surface area contributed by atoms with Gasteiger partial charge in [-0.3, -0.25) is 4.79 Å². The zero-order valence-corrected chi connectivity index (χ0v) is 65.2. The van der Waals surface area contributed by atoms with Crippen LogP contribution < -0.4 is 10.6 Å². The summed E-state index contributed by atoms with van der Waals surface area (Å²) in [5, 5.41) is 5.59. The molecule has 28 nitrogen and oxygen atoms in total. The monoisotopic (exact) mass is 1500 g/mol. The van der Waals surface area contributed by atoms with Crippen LogP contribution in [0.1, 0.15) is 156 Å². The molecule has 0 unspecified atom stereocenters. The second-order valence-electron chi connectivity index (χ2n) is 25.0. The lowest BCUT2D eigenvalue weighted by molar-refractivity contribution is -0.121. The van der Waals surface area contributed by atoms with E-state index < -0.39 is 11.7 Å². The first-order valence-corrected chi connectivity index (χ1v) is 39.4. The number of hydrogen-bond acceptors (Lipinski definition) is 26. The summed E-state index contributed by atoms with van der Waals surface area (Å²) in [5.74, 6) is 0.114. The molecular formula is C75H150N2O26. The van der Waals surface area contributed by atoms with Crippen LogP contribution in [0.25, 0.3) is 0 Å². The molecule has 0 saturated heterocycles. The standard InChI is InChI=1S/C75H150N2O26/c1-5-6-7-8-9-10-11-12-13-14-15-16-17-18-19-20-21-22-23-24-73(78)76-25-27-80-29-31-82-33-35-84-37-39-86-41-43-88-45-47-90-49-51-92-53-55-94-57-59-96-61-63-98-65-67-100-69-71-102-72-70-101-68-66-99-64-62-97-60-58-95-56-54-93-52-50-91-48-46-89-44-42-87-40-38-85-36-34-83-32-30-81-28-26-77-74(79)103-75(2,3)4/h5-72H2,1-4H3,(H,76,78)(H,77,79). The van der Waals surface area contributed by atoms with Crippen molar-refractivity contribution in [2.75, 3.05) is 317 Å². The van der Waals surface area contributed by atoms with Gasteiger partial charge in [0.25, 0.3) is 0 Å². The number of unbranched alkanes of at least 4 members (excludes halogenated alkanes) is 18. The second-order valence-corrected chi connectivity index (χ2v) is 25.0. The van der Waals surface area contributed by atoms with Gasteiger partial charge in [0, 0.05) is 19.5 Å². The van der Waals surface area contributed by atoms with Crippen molar-refractivity contribution in [3.8, 4) is 0 Å². The summed E-state index contributed by atoms with van der Waals surface area (Å²) in [5.41, 5.74) is -0.522. The molecule has 0 heterocycles. The van der Waals surface area contributed by atoms with Gasteiger partial charge in [-0.2, -0.15) is 0 Å². The van der Waals surface area contributed by atoms with Crippen LogP contribution in [0.5, 0.6) is 0 Å². The number of hydrogen-bond donors (Lipinski definition) is 2.